The Labute approximate surface area is 178 Å². The van der Waals surface area contributed by atoms with Crippen molar-refractivity contribution in [1.82, 2.24) is 0 Å². The van der Waals surface area contributed by atoms with Gasteiger partial charge in [0.15, 0.2) is 0 Å². The number of unbranched alkanes of at least 4 members (excludes halogenated alkanes) is 2. The summed E-state index contributed by atoms with van der Waals surface area (Å²) >= 11 is 0. The standard InChI is InChI=1S/C12H20O4.C10H16O4/c1-3-5-9-15-11(13)7-8-12(14)16-10-6-4-2;1-3-5-7(9(11)12)8(6-4-2)10(13)14/h7-8H,3-6,9-10H2,1-2H3;3-6H2,1-2H3,(H,11,12)(H,13,14)/b2*8-7-. The van der Waals surface area contributed by atoms with Crippen LogP contribution in [0.4, 0.5) is 0 Å². The van der Waals surface area contributed by atoms with Crippen molar-refractivity contribution < 1.29 is 38.9 Å². The molecule has 0 aromatic carbocycles. The number of carboxylic acids is 2. The number of esters is 2. The highest BCUT2D eigenvalue weighted by atomic mass is 16.5. The van der Waals surface area contributed by atoms with Crippen LogP contribution in [0.25, 0.3) is 0 Å². The van der Waals surface area contributed by atoms with Crippen LogP contribution in [0.15, 0.2) is 23.3 Å². The first-order valence-electron chi connectivity index (χ1n) is 10.4. The second-order valence-corrected chi connectivity index (χ2v) is 6.44. The largest absolute Gasteiger partial charge is 0.478 e. The molecule has 8 heteroatoms. The third-order valence-corrected chi connectivity index (χ3v) is 3.72. The van der Waals surface area contributed by atoms with E-state index < -0.39 is 23.9 Å². The molecule has 0 atom stereocenters. The fourth-order valence-electron chi connectivity index (χ4n) is 2.14. The molecule has 30 heavy (non-hydrogen) atoms. The fourth-order valence-corrected chi connectivity index (χ4v) is 2.14. The lowest BCUT2D eigenvalue weighted by Crippen LogP contribution is -2.11. The Hall–Kier alpha value is -2.64. The lowest BCUT2D eigenvalue weighted by Gasteiger charge is -2.06. The van der Waals surface area contributed by atoms with E-state index in [2.05, 4.69) is 0 Å². The van der Waals surface area contributed by atoms with E-state index in [1.165, 1.54) is 0 Å². The molecule has 8 nitrogen and oxygen atoms in total. The minimum Gasteiger partial charge on any atom is -0.478 e. The van der Waals surface area contributed by atoms with Crippen molar-refractivity contribution in [2.75, 3.05) is 13.2 Å². The van der Waals surface area contributed by atoms with E-state index in [0.29, 0.717) is 38.9 Å². The predicted molar refractivity (Wildman–Crippen MR) is 113 cm³/mol. The van der Waals surface area contributed by atoms with Crippen molar-refractivity contribution in [3.8, 4) is 0 Å². The summed E-state index contributed by atoms with van der Waals surface area (Å²) in [6, 6.07) is 0. The summed E-state index contributed by atoms with van der Waals surface area (Å²) in [5, 5.41) is 17.7. The second-order valence-electron chi connectivity index (χ2n) is 6.44. The van der Waals surface area contributed by atoms with E-state index in [9.17, 15) is 19.2 Å². The van der Waals surface area contributed by atoms with E-state index in [-0.39, 0.29) is 11.1 Å². The Morgan fingerprint density at radius 3 is 1.20 bits per heavy atom. The van der Waals surface area contributed by atoms with Gasteiger partial charge < -0.3 is 19.7 Å². The molecule has 0 bridgehead atoms. The maximum Gasteiger partial charge on any atom is 0.332 e. The molecular weight excluding hydrogens is 392 g/mol. The molecule has 0 aliphatic rings. The molecule has 0 saturated heterocycles. The van der Waals surface area contributed by atoms with Crippen LogP contribution in [0.5, 0.6) is 0 Å². The smallest absolute Gasteiger partial charge is 0.332 e. The van der Waals surface area contributed by atoms with Crippen LogP contribution in [0.3, 0.4) is 0 Å². The molecule has 0 saturated carbocycles. The Morgan fingerprint density at radius 2 is 0.967 bits per heavy atom. The first-order valence-corrected chi connectivity index (χ1v) is 10.4. The van der Waals surface area contributed by atoms with Gasteiger partial charge in [-0.1, -0.05) is 53.4 Å². The van der Waals surface area contributed by atoms with Crippen LogP contribution < -0.4 is 0 Å². The SMILES string of the molecule is CCC/C(C(=O)O)=C(\CCC)C(=O)O.CCCCOC(=O)/C=C\C(=O)OCCCC. The monoisotopic (exact) mass is 428 g/mol. The molecule has 0 aliphatic heterocycles. The van der Waals surface area contributed by atoms with Crippen LogP contribution in [0.1, 0.15) is 79.1 Å². The number of hydrogen-bond donors (Lipinski definition) is 2. The predicted octanol–water partition coefficient (Wildman–Crippen LogP) is 4.28. The maximum absolute atomic E-state index is 11.0. The minimum atomic E-state index is -1.11. The van der Waals surface area contributed by atoms with Gasteiger partial charge in [-0.25, -0.2) is 19.2 Å². The first kappa shape index (κ1) is 29.6. The quantitative estimate of drug-likeness (QED) is 0.238. The van der Waals surface area contributed by atoms with Gasteiger partial charge in [-0.15, -0.1) is 0 Å². The molecule has 0 aliphatic carbocycles. The summed E-state index contributed by atoms with van der Waals surface area (Å²) < 4.78 is 9.65. The summed E-state index contributed by atoms with van der Waals surface area (Å²) in [4.78, 5) is 43.6. The number of carbonyl (C=O) groups is 4. The van der Waals surface area contributed by atoms with Crippen LogP contribution >= 0.6 is 0 Å². The molecule has 2 N–H and O–H groups in total. The summed E-state index contributed by atoms with van der Waals surface area (Å²) in [5.41, 5.74) is 0.0868. The minimum absolute atomic E-state index is 0.0434. The molecule has 0 spiro atoms. The number of rotatable bonds is 14. The molecule has 0 unspecified atom stereocenters. The van der Waals surface area contributed by atoms with Crippen molar-refractivity contribution in [1.29, 1.82) is 0 Å². The van der Waals surface area contributed by atoms with Crippen LogP contribution in [0, 0.1) is 0 Å². The van der Waals surface area contributed by atoms with Gasteiger partial charge in [0.1, 0.15) is 0 Å². The lowest BCUT2D eigenvalue weighted by atomic mass is 10.00. The first-order chi connectivity index (χ1) is 14.2. The van der Waals surface area contributed by atoms with Gasteiger partial charge in [-0.05, 0) is 25.7 Å². The summed E-state index contributed by atoms with van der Waals surface area (Å²) in [6.45, 7) is 8.46. The summed E-state index contributed by atoms with van der Waals surface area (Å²) in [6.07, 6.45) is 7.72. The highest BCUT2D eigenvalue weighted by molar-refractivity contribution is 5.98. The lowest BCUT2D eigenvalue weighted by molar-refractivity contribution is -0.140. The van der Waals surface area contributed by atoms with E-state index in [1.54, 1.807) is 0 Å². The highest BCUT2D eigenvalue weighted by Crippen LogP contribution is 2.16. The Kier molecular flexibility index (Phi) is 19.4. The number of carbonyl (C=O) groups excluding carboxylic acids is 2. The topological polar surface area (TPSA) is 127 Å². The van der Waals surface area contributed by atoms with Crippen LogP contribution in [-0.2, 0) is 28.7 Å². The van der Waals surface area contributed by atoms with Crippen molar-refractivity contribution >= 4 is 23.9 Å². The Bertz CT molecular complexity index is 540. The molecule has 0 heterocycles. The maximum atomic E-state index is 11.0. The molecule has 0 rings (SSSR count). The molecule has 0 radical (unpaired) electrons. The number of aliphatic carboxylic acids is 2. The number of carboxylic acid groups (broad SMARTS) is 2. The fraction of sp³-hybridized carbons (Fsp3) is 0.636. The second kappa shape index (κ2) is 19.7. The Balaban J connectivity index is 0. The third kappa shape index (κ3) is 16.3. The van der Waals surface area contributed by atoms with Crippen molar-refractivity contribution in [3.05, 3.63) is 23.3 Å². The number of hydrogen-bond acceptors (Lipinski definition) is 6. The van der Waals surface area contributed by atoms with Crippen molar-refractivity contribution in [2.24, 2.45) is 0 Å². The van der Waals surface area contributed by atoms with Crippen LogP contribution in [-0.4, -0.2) is 47.3 Å². The average molecular weight is 429 g/mol. The molecule has 0 aromatic heterocycles. The molecule has 0 amide bonds. The van der Waals surface area contributed by atoms with Gasteiger partial charge in [0.05, 0.1) is 13.2 Å². The van der Waals surface area contributed by atoms with Crippen molar-refractivity contribution in [2.45, 2.75) is 79.1 Å². The third-order valence-electron chi connectivity index (χ3n) is 3.72. The Morgan fingerprint density at radius 1 is 0.633 bits per heavy atom. The van der Waals surface area contributed by atoms with E-state index in [4.69, 9.17) is 19.7 Å². The molecular formula is C22H36O8. The van der Waals surface area contributed by atoms with Gasteiger partial charge in [0.2, 0.25) is 0 Å². The van der Waals surface area contributed by atoms with Gasteiger partial charge in [-0.2, -0.15) is 0 Å². The van der Waals surface area contributed by atoms with Crippen molar-refractivity contribution in [3.63, 3.8) is 0 Å². The van der Waals surface area contributed by atoms with Gasteiger partial charge in [-0.3, -0.25) is 0 Å². The van der Waals surface area contributed by atoms with E-state index >= 15 is 0 Å². The molecule has 0 fully saturated rings. The number of ether oxygens (including phenoxy) is 2. The molecule has 172 valence electrons. The van der Waals surface area contributed by atoms with E-state index in [0.717, 1.165) is 37.8 Å². The summed E-state index contributed by atoms with van der Waals surface area (Å²) in [7, 11) is 0. The zero-order chi connectivity index (χ0) is 23.4. The normalized spacial score (nSPS) is 11.2. The average Bonchev–Trinajstić information content (AvgIpc) is 2.69. The van der Waals surface area contributed by atoms with Gasteiger partial charge in [0, 0.05) is 23.3 Å². The highest BCUT2D eigenvalue weighted by Gasteiger charge is 2.18. The van der Waals surface area contributed by atoms with Crippen LogP contribution in [0.2, 0.25) is 0 Å². The zero-order valence-corrected chi connectivity index (χ0v) is 18.6. The molecule has 0 aromatic rings. The summed E-state index contributed by atoms with van der Waals surface area (Å²) in [5.74, 6) is -3.22. The zero-order valence-electron chi connectivity index (χ0n) is 18.6. The van der Waals surface area contributed by atoms with Gasteiger partial charge in [0.25, 0.3) is 0 Å². The van der Waals surface area contributed by atoms with Gasteiger partial charge >= 0.3 is 23.9 Å². The van der Waals surface area contributed by atoms with E-state index in [1.807, 2.05) is 27.7 Å².